The molecular formula is C53H91N5O13. The van der Waals surface area contributed by atoms with Crippen LogP contribution in [0.1, 0.15) is 114 Å². The predicted molar refractivity (Wildman–Crippen MR) is 268 cm³/mol. The van der Waals surface area contributed by atoms with Gasteiger partial charge in [-0.1, -0.05) is 45.4 Å². The van der Waals surface area contributed by atoms with E-state index in [0.29, 0.717) is 31.2 Å². The van der Waals surface area contributed by atoms with Crippen molar-refractivity contribution in [3.63, 3.8) is 0 Å². The molecule has 0 spiro atoms. The molecule has 5 heterocycles. The summed E-state index contributed by atoms with van der Waals surface area (Å²) in [6, 6.07) is 7.90. The van der Waals surface area contributed by atoms with Crippen molar-refractivity contribution >= 4 is 17.7 Å². The minimum absolute atomic E-state index is 0.0706. The van der Waals surface area contributed by atoms with Gasteiger partial charge in [-0.05, 0) is 118 Å². The number of aliphatic hydroxyl groups excluding tert-OH is 2. The highest BCUT2D eigenvalue weighted by atomic mass is 16.7. The Morgan fingerprint density at radius 3 is 2.18 bits per heavy atom. The van der Waals surface area contributed by atoms with Crippen LogP contribution in [0.4, 0.5) is 10.5 Å². The van der Waals surface area contributed by atoms with Gasteiger partial charge >= 0.3 is 12.0 Å². The zero-order valence-corrected chi connectivity index (χ0v) is 45.0. The number of cyclic esters (lactones) is 1. The number of aliphatic hydroxyl groups is 5. The lowest BCUT2D eigenvalue weighted by atomic mass is 9.74. The molecule has 2 amide bonds. The van der Waals surface area contributed by atoms with E-state index in [2.05, 4.69) is 15.1 Å². The monoisotopic (exact) mass is 1010 g/mol. The van der Waals surface area contributed by atoms with Gasteiger partial charge in [-0.3, -0.25) is 19.5 Å². The average molecular weight is 1010 g/mol. The number of nitrogens with zero attached hydrogens (tertiary/aromatic N) is 4. The van der Waals surface area contributed by atoms with Crippen LogP contribution in [-0.2, 0) is 33.2 Å². The van der Waals surface area contributed by atoms with Crippen molar-refractivity contribution in [3.05, 3.63) is 30.3 Å². The molecule has 0 bridgehead atoms. The summed E-state index contributed by atoms with van der Waals surface area (Å²) < 4.78 is 39.3. The number of carbonyl (C=O) groups is 2. The zero-order chi connectivity index (χ0) is 52.4. The van der Waals surface area contributed by atoms with Gasteiger partial charge in [0.1, 0.15) is 35.1 Å². The number of ether oxygens (including phenoxy) is 6. The summed E-state index contributed by atoms with van der Waals surface area (Å²) in [5.74, 6) is -2.95. The number of hydrogen-bond acceptors (Lipinski definition) is 16. The van der Waals surface area contributed by atoms with Crippen LogP contribution < -0.4 is 10.2 Å². The molecule has 6 rings (SSSR count). The third-order valence-electron chi connectivity index (χ3n) is 17.1. The first-order chi connectivity index (χ1) is 33.3. The number of carbonyl (C=O) groups excluding carboxylic acids is 2. The molecule has 5 saturated heterocycles. The van der Waals surface area contributed by atoms with Gasteiger partial charge in [-0.25, -0.2) is 4.79 Å². The van der Waals surface area contributed by atoms with E-state index in [1.165, 1.54) is 36.0 Å². The second kappa shape index (κ2) is 23.5. The molecule has 5 aliphatic heterocycles. The summed E-state index contributed by atoms with van der Waals surface area (Å²) in [5.41, 5.74) is -5.50. The van der Waals surface area contributed by atoms with E-state index in [1.54, 1.807) is 62.7 Å². The number of anilines is 1. The molecule has 18 heteroatoms. The van der Waals surface area contributed by atoms with E-state index in [1.807, 2.05) is 51.1 Å². The summed E-state index contributed by atoms with van der Waals surface area (Å²) in [6.07, 6.45) is -5.47. The highest BCUT2D eigenvalue weighted by molar-refractivity contribution is 5.91. The number of piperidine rings is 1. The summed E-state index contributed by atoms with van der Waals surface area (Å²) in [5, 5.41) is 64.4. The molecule has 0 unspecified atom stereocenters. The summed E-state index contributed by atoms with van der Waals surface area (Å²) in [7, 11) is 4.87. The Bertz CT molecular complexity index is 1870. The first-order valence-electron chi connectivity index (χ1n) is 26.4. The molecule has 0 aliphatic carbocycles. The van der Waals surface area contributed by atoms with Crippen molar-refractivity contribution in [3.8, 4) is 0 Å². The number of β-amino-alcohol motifs (C(OH)–C–C–N with tert-alkyl or cyclic N) is 1. The first kappa shape index (κ1) is 57.7. The zero-order valence-electron chi connectivity index (χ0n) is 45.0. The van der Waals surface area contributed by atoms with Gasteiger partial charge in [0.2, 0.25) is 0 Å². The summed E-state index contributed by atoms with van der Waals surface area (Å²) in [4.78, 5) is 36.4. The number of benzene rings is 1. The van der Waals surface area contributed by atoms with Gasteiger partial charge < -0.3 is 64.2 Å². The van der Waals surface area contributed by atoms with Crippen molar-refractivity contribution in [2.24, 2.45) is 17.8 Å². The third-order valence-corrected chi connectivity index (χ3v) is 17.1. The molecule has 0 radical (unpaired) electrons. The Morgan fingerprint density at radius 1 is 0.915 bits per heavy atom. The summed E-state index contributed by atoms with van der Waals surface area (Å²) in [6.45, 7) is 22.0. The van der Waals surface area contributed by atoms with E-state index in [-0.39, 0.29) is 31.2 Å². The third kappa shape index (κ3) is 12.6. The van der Waals surface area contributed by atoms with Gasteiger partial charge in [-0.15, -0.1) is 0 Å². The number of urea groups is 1. The quantitative estimate of drug-likeness (QED) is 0.174. The molecular weight excluding hydrogens is 915 g/mol. The lowest BCUT2D eigenvalue weighted by Crippen LogP contribution is -2.73. The Labute approximate surface area is 423 Å². The van der Waals surface area contributed by atoms with Crippen LogP contribution in [0, 0.1) is 17.8 Å². The number of likely N-dealkylation sites (tertiary alicyclic amines) is 2. The maximum Gasteiger partial charge on any atom is 0.324 e. The maximum absolute atomic E-state index is 14.7. The maximum atomic E-state index is 14.7. The van der Waals surface area contributed by atoms with Crippen LogP contribution in [0.5, 0.6) is 0 Å². The van der Waals surface area contributed by atoms with Crippen LogP contribution in [0.2, 0.25) is 0 Å². The normalized spacial score (nSPS) is 43.1. The SMILES string of the molecule is CC[C@H]1OC(=O)[C@H](C)[C@@H](O[C@H]2C[C@@](C)(OC)[C@](O)(CN3CC(N4CCCCC4)C3)[C@H](C)O2)[C@H](C)[C@@H](O[C@@H]2O[C@H](C)C[C@H](N(C)C(=O)N(C)c3ccccc3)[C@H]2O)[C@](C)(O)C[C@@H](C)CN[C@H](C)[C@@H](O)[C@]1(C)O. The van der Waals surface area contributed by atoms with Gasteiger partial charge in [0.05, 0.1) is 42.0 Å². The van der Waals surface area contributed by atoms with Crippen LogP contribution in [0.15, 0.2) is 30.3 Å². The van der Waals surface area contributed by atoms with Crippen molar-refractivity contribution < 1.29 is 63.5 Å². The molecule has 18 nitrogen and oxygen atoms in total. The molecule has 5 fully saturated rings. The number of rotatable bonds is 11. The van der Waals surface area contributed by atoms with Crippen molar-refractivity contribution in [2.45, 2.75) is 210 Å². The van der Waals surface area contributed by atoms with Gasteiger partial charge in [0, 0.05) is 70.9 Å². The molecule has 0 saturated carbocycles. The minimum Gasteiger partial charge on any atom is -0.459 e. The highest BCUT2D eigenvalue weighted by Crippen LogP contribution is 2.44. The number of nitrogens with one attached hydrogen (secondary N) is 1. The fourth-order valence-corrected chi connectivity index (χ4v) is 12.3. The Hall–Kier alpha value is -2.56. The number of likely N-dealkylation sites (N-methyl/N-ethyl adjacent to an activating group) is 1. The second-order valence-corrected chi connectivity index (χ2v) is 22.8. The number of amides is 2. The first-order valence-corrected chi connectivity index (χ1v) is 26.4. The topological polar surface area (TPSA) is 216 Å². The van der Waals surface area contributed by atoms with E-state index >= 15 is 0 Å². The molecule has 6 N–H and O–H groups in total. The van der Waals surface area contributed by atoms with Crippen LogP contribution in [0.3, 0.4) is 0 Å². The predicted octanol–water partition coefficient (Wildman–Crippen LogP) is 3.73. The van der Waals surface area contributed by atoms with Gasteiger partial charge in [0.15, 0.2) is 12.6 Å². The van der Waals surface area contributed by atoms with E-state index < -0.39 is 108 Å². The number of para-hydroxylation sites is 1. The Morgan fingerprint density at radius 2 is 1.56 bits per heavy atom. The van der Waals surface area contributed by atoms with Crippen molar-refractivity contribution in [2.75, 3.05) is 65.4 Å². The van der Waals surface area contributed by atoms with Crippen molar-refractivity contribution in [1.82, 2.24) is 20.0 Å². The highest BCUT2D eigenvalue weighted by Gasteiger charge is 2.60. The second-order valence-electron chi connectivity index (χ2n) is 22.8. The molecule has 1 aromatic carbocycles. The fraction of sp³-hybridized carbons (Fsp3) is 0.849. The Balaban J connectivity index is 1.33. The van der Waals surface area contributed by atoms with E-state index in [4.69, 9.17) is 28.4 Å². The largest absolute Gasteiger partial charge is 0.459 e. The molecule has 18 atom stereocenters. The van der Waals surface area contributed by atoms with Crippen LogP contribution in [-0.4, -0.2) is 209 Å². The summed E-state index contributed by atoms with van der Waals surface area (Å²) >= 11 is 0. The lowest BCUT2D eigenvalue weighted by Gasteiger charge is -2.57. The van der Waals surface area contributed by atoms with Crippen molar-refractivity contribution in [1.29, 1.82) is 0 Å². The van der Waals surface area contributed by atoms with E-state index in [9.17, 15) is 35.1 Å². The number of methoxy groups -OCH3 is 1. The lowest BCUT2D eigenvalue weighted by molar-refractivity contribution is -0.340. The average Bonchev–Trinajstić information content (AvgIpc) is 3.32. The molecule has 406 valence electrons. The van der Waals surface area contributed by atoms with Gasteiger partial charge in [-0.2, -0.15) is 0 Å². The molecule has 0 aromatic heterocycles. The Kier molecular flexibility index (Phi) is 19.1. The van der Waals surface area contributed by atoms with Crippen LogP contribution in [0.25, 0.3) is 0 Å². The standard InChI is InChI=1S/C53H91N5O13/c1-14-41-52(10,64)45(60)36(6)54-28-32(2)26-50(8,63)46(71-48-43(59)40(25-33(3)67-48)56(12)49(62)55(11)38-21-17-15-18-22-38)34(4)44(35(5)47(61)69-41)70-42-27-51(9,66-13)53(65,37(7)68-42)31-57-29-39(30-57)58-23-19-16-20-24-58/h15,17-18,21-22,32-37,39-46,48,54,59-60,63-65H,14,16,19-20,23-31H2,1-13H3/t32-,33-,34+,35-,36-,37+,40+,41-,42+,43-,44+,45-,46-,48+,50-,51-,52-,53+/m1/s1. The molecule has 1 aromatic rings. The van der Waals surface area contributed by atoms with Crippen LogP contribution >= 0.6 is 0 Å². The molecule has 71 heavy (non-hydrogen) atoms. The van der Waals surface area contributed by atoms with E-state index in [0.717, 1.165) is 26.2 Å². The fourth-order valence-electron chi connectivity index (χ4n) is 12.3. The minimum atomic E-state index is -1.86. The van der Waals surface area contributed by atoms with Gasteiger partial charge in [0.25, 0.3) is 0 Å². The number of esters is 1. The smallest absolute Gasteiger partial charge is 0.324 e. The number of hydrogen-bond donors (Lipinski definition) is 6. The molecule has 5 aliphatic rings.